The summed E-state index contributed by atoms with van der Waals surface area (Å²) in [4.78, 5) is 5.21. The zero-order valence-corrected chi connectivity index (χ0v) is 25.6. The number of rotatable bonds is 9. The summed E-state index contributed by atoms with van der Waals surface area (Å²) in [6, 6.07) is 15.9. The summed E-state index contributed by atoms with van der Waals surface area (Å²) < 4.78 is 62.3. The summed E-state index contributed by atoms with van der Waals surface area (Å²) >= 11 is 6.95. The molecule has 7 nitrogen and oxygen atoms in total. The summed E-state index contributed by atoms with van der Waals surface area (Å²) in [5.41, 5.74) is 2.89. The third-order valence-corrected chi connectivity index (χ3v) is 13.5. The molecule has 218 valence electrons. The Bertz CT molecular complexity index is 2020. The second kappa shape index (κ2) is 10.2. The number of para-hydroxylation sites is 1. The van der Waals surface area contributed by atoms with Crippen LogP contribution >= 0.6 is 11.6 Å². The fourth-order valence-corrected chi connectivity index (χ4v) is 10.3. The number of pyridine rings is 1. The molecule has 0 aliphatic heterocycles. The first-order valence-corrected chi connectivity index (χ1v) is 17.9. The molecule has 3 aliphatic carbocycles. The molecule has 3 aliphatic rings. The van der Waals surface area contributed by atoms with Gasteiger partial charge in [-0.15, -0.1) is 0 Å². The van der Waals surface area contributed by atoms with Gasteiger partial charge in [-0.25, -0.2) is 21.8 Å². The Morgan fingerprint density at radius 3 is 2.38 bits per heavy atom. The number of hydrogen-bond donors (Lipinski definition) is 0. The Hall–Kier alpha value is -3.14. The molecule has 2 aromatic heterocycles. The first kappa shape index (κ1) is 27.7. The van der Waals surface area contributed by atoms with Crippen molar-refractivity contribution in [3.8, 4) is 5.75 Å². The van der Waals surface area contributed by atoms with Crippen LogP contribution in [0.5, 0.6) is 5.75 Å². The van der Waals surface area contributed by atoms with Crippen LogP contribution in [0.15, 0.2) is 81.7 Å². The van der Waals surface area contributed by atoms with Gasteiger partial charge in [0.15, 0.2) is 19.7 Å². The quantitative estimate of drug-likeness (QED) is 0.200. The third kappa shape index (κ3) is 4.57. The number of ether oxygens (including phenoxy) is 1. The molecule has 2 fully saturated rings. The Kier molecular flexibility index (Phi) is 6.75. The number of halogens is 1. The number of aromatic nitrogens is 2. The second-order valence-electron chi connectivity index (χ2n) is 11.4. The largest absolute Gasteiger partial charge is 0.491 e. The molecule has 2 saturated carbocycles. The van der Waals surface area contributed by atoms with Gasteiger partial charge in [0.1, 0.15) is 11.4 Å². The van der Waals surface area contributed by atoms with E-state index < -0.39 is 31.0 Å². The summed E-state index contributed by atoms with van der Waals surface area (Å²) in [6.07, 6.45) is 7.09. The fourth-order valence-electron chi connectivity index (χ4n) is 6.01. The van der Waals surface area contributed by atoms with Crippen LogP contribution in [-0.2, 0) is 19.7 Å². The van der Waals surface area contributed by atoms with Gasteiger partial charge in [0.25, 0.3) is 0 Å². The van der Waals surface area contributed by atoms with E-state index in [0.717, 1.165) is 28.3 Å². The predicted molar refractivity (Wildman–Crippen MR) is 166 cm³/mol. The highest BCUT2D eigenvalue weighted by atomic mass is 35.5. The monoisotopic (exact) mass is 622 g/mol. The number of allylic oxidation sites excluding steroid dienone is 4. The SMILES string of the molecule is CCCOc1cccc2c3cccnc3n(C3CC(c4cccc(S(=O)(=O)C5CC5)c4)=CC(Cl)=C3S(=O)(=O)C3CC3)c12. The van der Waals surface area contributed by atoms with Crippen molar-refractivity contribution in [2.45, 2.75) is 66.9 Å². The first-order chi connectivity index (χ1) is 20.2. The van der Waals surface area contributed by atoms with Crippen molar-refractivity contribution in [1.29, 1.82) is 0 Å². The zero-order chi connectivity index (χ0) is 29.2. The van der Waals surface area contributed by atoms with Crippen LogP contribution in [0, 0.1) is 0 Å². The molecule has 0 radical (unpaired) electrons. The standard InChI is InChI=1S/C32H31ClN2O5S2/c1-2-16-40-29-10-4-8-25-26-9-5-15-34-32(26)35(30(25)29)28-19-21(18-27(33)31(28)42(38,39)23-13-14-23)20-6-3-7-24(17-20)41(36,37)22-11-12-22/h3-10,15,17-18,22-23,28H,2,11-14,16,19H2,1H3. The maximum atomic E-state index is 14.0. The van der Waals surface area contributed by atoms with E-state index in [9.17, 15) is 16.8 Å². The predicted octanol–water partition coefficient (Wildman–Crippen LogP) is 6.97. The maximum Gasteiger partial charge on any atom is 0.181 e. The minimum Gasteiger partial charge on any atom is -0.491 e. The highest BCUT2D eigenvalue weighted by Crippen LogP contribution is 2.49. The Morgan fingerprint density at radius 2 is 1.64 bits per heavy atom. The lowest BCUT2D eigenvalue weighted by molar-refractivity contribution is 0.319. The Morgan fingerprint density at radius 1 is 0.929 bits per heavy atom. The normalized spacial score (nSPS) is 19.9. The minimum absolute atomic E-state index is 0.154. The lowest BCUT2D eigenvalue weighted by Crippen LogP contribution is -2.24. The van der Waals surface area contributed by atoms with Gasteiger partial charge in [0, 0.05) is 17.0 Å². The molecule has 0 amide bonds. The van der Waals surface area contributed by atoms with Gasteiger partial charge >= 0.3 is 0 Å². The minimum atomic E-state index is -3.70. The molecule has 0 N–H and O–H groups in total. The molecule has 0 spiro atoms. The van der Waals surface area contributed by atoms with Crippen molar-refractivity contribution in [2.75, 3.05) is 6.61 Å². The van der Waals surface area contributed by atoms with Gasteiger partial charge in [-0.2, -0.15) is 0 Å². The molecular formula is C32H31ClN2O5S2. The molecule has 1 atom stereocenters. The molecule has 42 heavy (non-hydrogen) atoms. The van der Waals surface area contributed by atoms with Crippen molar-refractivity contribution in [3.63, 3.8) is 0 Å². The summed E-state index contributed by atoms with van der Waals surface area (Å²) in [6.45, 7) is 2.55. The average Bonchev–Trinajstić information content (AvgIpc) is 3.91. The first-order valence-electron chi connectivity index (χ1n) is 14.4. The average molecular weight is 623 g/mol. The van der Waals surface area contributed by atoms with Crippen LogP contribution in [0.1, 0.15) is 57.1 Å². The van der Waals surface area contributed by atoms with Gasteiger partial charge in [0.05, 0.1) is 43.5 Å². The van der Waals surface area contributed by atoms with E-state index in [1.165, 1.54) is 0 Å². The highest BCUT2D eigenvalue weighted by molar-refractivity contribution is 7.96. The van der Waals surface area contributed by atoms with Crippen molar-refractivity contribution in [1.82, 2.24) is 9.55 Å². The maximum absolute atomic E-state index is 14.0. The molecule has 1 unspecified atom stereocenters. The molecule has 0 bridgehead atoms. The molecule has 10 heteroatoms. The van der Waals surface area contributed by atoms with Gasteiger partial charge in [-0.05, 0) is 86.1 Å². The lowest BCUT2D eigenvalue weighted by Gasteiger charge is -2.29. The third-order valence-electron chi connectivity index (χ3n) is 8.34. The summed E-state index contributed by atoms with van der Waals surface area (Å²) in [5.74, 6) is 0.653. The fraction of sp³-hybridized carbons (Fsp3) is 0.344. The number of benzene rings is 2. The summed E-state index contributed by atoms with van der Waals surface area (Å²) in [7, 11) is -7.11. The van der Waals surface area contributed by atoms with Crippen LogP contribution in [0.3, 0.4) is 0 Å². The second-order valence-corrected chi connectivity index (χ2v) is 16.2. The van der Waals surface area contributed by atoms with E-state index >= 15 is 0 Å². The molecule has 0 saturated heterocycles. The van der Waals surface area contributed by atoms with Crippen molar-refractivity contribution in [2.24, 2.45) is 0 Å². The van der Waals surface area contributed by atoms with Crippen molar-refractivity contribution >= 4 is 58.8 Å². The Balaban J connectivity index is 1.46. The van der Waals surface area contributed by atoms with E-state index in [1.54, 1.807) is 30.5 Å². The van der Waals surface area contributed by atoms with E-state index in [2.05, 4.69) is 0 Å². The molecular weight excluding hydrogens is 592 g/mol. The van der Waals surface area contributed by atoms with Crippen molar-refractivity contribution < 1.29 is 21.6 Å². The van der Waals surface area contributed by atoms with E-state index in [1.807, 2.05) is 47.9 Å². The van der Waals surface area contributed by atoms with Gasteiger partial charge in [0.2, 0.25) is 0 Å². The number of fused-ring (bicyclic) bond motifs is 3. The van der Waals surface area contributed by atoms with Crippen LogP contribution in [0.4, 0.5) is 0 Å². The summed E-state index contributed by atoms with van der Waals surface area (Å²) in [5, 5.41) is 1.18. The molecule has 2 aromatic carbocycles. The number of sulfone groups is 2. The van der Waals surface area contributed by atoms with Gasteiger partial charge < -0.3 is 9.30 Å². The zero-order valence-electron chi connectivity index (χ0n) is 23.2. The van der Waals surface area contributed by atoms with E-state index in [-0.39, 0.29) is 20.1 Å². The topological polar surface area (TPSA) is 95.3 Å². The van der Waals surface area contributed by atoms with Crippen LogP contribution in [0.2, 0.25) is 0 Å². The van der Waals surface area contributed by atoms with Crippen LogP contribution < -0.4 is 4.74 Å². The van der Waals surface area contributed by atoms with Crippen LogP contribution in [-0.4, -0.2) is 43.5 Å². The Labute approximate surface area is 250 Å². The smallest absolute Gasteiger partial charge is 0.181 e. The van der Waals surface area contributed by atoms with Crippen molar-refractivity contribution in [3.05, 3.63) is 82.4 Å². The van der Waals surface area contributed by atoms with Crippen LogP contribution in [0.25, 0.3) is 27.5 Å². The van der Waals surface area contributed by atoms with Gasteiger partial charge in [-0.1, -0.05) is 42.8 Å². The molecule has 2 heterocycles. The molecule has 4 aromatic rings. The number of nitrogens with zero attached hydrogens (tertiary/aromatic N) is 2. The highest BCUT2D eigenvalue weighted by Gasteiger charge is 2.45. The van der Waals surface area contributed by atoms with E-state index in [4.69, 9.17) is 21.3 Å². The van der Waals surface area contributed by atoms with E-state index in [0.29, 0.717) is 55.7 Å². The lowest BCUT2D eigenvalue weighted by atomic mass is 9.93. The number of hydrogen-bond acceptors (Lipinski definition) is 6. The van der Waals surface area contributed by atoms with Gasteiger partial charge in [-0.3, -0.25) is 0 Å². The molecule has 7 rings (SSSR count).